The minimum absolute atomic E-state index is 0.0105. The van der Waals surface area contributed by atoms with E-state index >= 15 is 0 Å². The Balaban J connectivity index is 1.49. The van der Waals surface area contributed by atoms with E-state index in [0.717, 1.165) is 37.1 Å². The Labute approximate surface area is 161 Å². The van der Waals surface area contributed by atoms with E-state index in [1.54, 1.807) is 6.07 Å². The summed E-state index contributed by atoms with van der Waals surface area (Å²) in [6.07, 6.45) is 1.63. The number of rotatable bonds is 2. The lowest BCUT2D eigenvalue weighted by molar-refractivity contribution is -0.286. The van der Waals surface area contributed by atoms with Crippen molar-refractivity contribution in [3.05, 3.63) is 48.0 Å². The van der Waals surface area contributed by atoms with Gasteiger partial charge in [-0.3, -0.25) is 0 Å². The highest BCUT2D eigenvalue weighted by molar-refractivity contribution is 6.00. The van der Waals surface area contributed by atoms with E-state index in [2.05, 4.69) is 32.2 Å². The molecule has 1 saturated carbocycles. The van der Waals surface area contributed by atoms with Crippen LogP contribution in [0.5, 0.6) is 11.5 Å². The fourth-order valence-corrected chi connectivity index (χ4v) is 4.23. The van der Waals surface area contributed by atoms with Crippen LogP contribution in [-0.4, -0.2) is 17.7 Å². The van der Waals surface area contributed by atoms with Crippen molar-refractivity contribution in [3.8, 4) is 11.5 Å². The number of halogens is 2. The summed E-state index contributed by atoms with van der Waals surface area (Å²) in [4.78, 5) is 4.83. The van der Waals surface area contributed by atoms with Crippen molar-refractivity contribution >= 4 is 17.2 Å². The third kappa shape index (κ3) is 3.04. The first-order chi connectivity index (χ1) is 13.5. The van der Waals surface area contributed by atoms with Crippen LogP contribution in [-0.2, 0) is 6.54 Å². The van der Waals surface area contributed by atoms with E-state index in [0.29, 0.717) is 17.9 Å². The maximum atomic E-state index is 13.4. The summed E-state index contributed by atoms with van der Waals surface area (Å²) in [6.45, 7) is 0.654. The fourth-order valence-electron chi connectivity index (χ4n) is 4.23. The van der Waals surface area contributed by atoms with Gasteiger partial charge in [-0.25, -0.2) is 4.99 Å². The molecule has 146 valence electrons. The molecule has 0 bridgehead atoms. The van der Waals surface area contributed by atoms with Gasteiger partial charge in [-0.1, -0.05) is 49.6 Å². The Bertz CT molecular complexity index is 925. The molecule has 0 saturated heterocycles. The highest BCUT2D eigenvalue weighted by atomic mass is 19.3. The number of alkyl halides is 2. The van der Waals surface area contributed by atoms with Gasteiger partial charge in [-0.05, 0) is 18.4 Å². The van der Waals surface area contributed by atoms with Crippen molar-refractivity contribution < 1.29 is 18.3 Å². The topological polar surface area (TPSA) is 54.9 Å². The first-order valence-corrected chi connectivity index (χ1v) is 9.62. The standard InChI is InChI=1S/C21H21F2N3O2/c22-21(23)27-17-11-15-16(12-18(17)28-21)26-20(9-5-2-6-10-20)19(25-15)24-13-14-7-3-1-4-8-14/h1,3-4,7-8,11-12,26H,2,5-6,9-10,13H2,(H,24,25). The number of ether oxygens (including phenoxy) is 2. The third-order valence-corrected chi connectivity index (χ3v) is 5.59. The second kappa shape index (κ2) is 6.36. The van der Waals surface area contributed by atoms with Crippen molar-refractivity contribution in [2.75, 3.05) is 5.32 Å². The smallest absolute Gasteiger partial charge is 0.395 e. The summed E-state index contributed by atoms with van der Waals surface area (Å²) in [7, 11) is 0. The Morgan fingerprint density at radius 1 is 1.00 bits per heavy atom. The van der Waals surface area contributed by atoms with E-state index in [4.69, 9.17) is 4.99 Å². The van der Waals surface area contributed by atoms with Gasteiger partial charge in [0.15, 0.2) is 11.5 Å². The molecule has 1 fully saturated rings. The van der Waals surface area contributed by atoms with Crippen LogP contribution < -0.4 is 20.1 Å². The molecule has 0 radical (unpaired) electrons. The zero-order valence-corrected chi connectivity index (χ0v) is 15.3. The average molecular weight is 385 g/mol. The molecule has 1 aliphatic carbocycles. The molecule has 28 heavy (non-hydrogen) atoms. The maximum Gasteiger partial charge on any atom is 0.586 e. The van der Waals surface area contributed by atoms with Crippen molar-refractivity contribution in [3.63, 3.8) is 0 Å². The second-order valence-electron chi connectivity index (χ2n) is 7.55. The molecule has 1 spiro atoms. The molecule has 0 unspecified atom stereocenters. The molecule has 5 nitrogen and oxygen atoms in total. The molecular weight excluding hydrogens is 364 g/mol. The maximum absolute atomic E-state index is 13.4. The van der Waals surface area contributed by atoms with Gasteiger partial charge < -0.3 is 20.1 Å². The molecule has 2 heterocycles. The van der Waals surface area contributed by atoms with Crippen molar-refractivity contribution in [2.24, 2.45) is 4.99 Å². The molecule has 3 aliphatic rings. The molecule has 2 N–H and O–H groups in total. The summed E-state index contributed by atoms with van der Waals surface area (Å²) in [6, 6.07) is 13.2. The highest BCUT2D eigenvalue weighted by Crippen LogP contribution is 2.49. The molecule has 0 atom stereocenters. The second-order valence-corrected chi connectivity index (χ2v) is 7.55. The van der Waals surface area contributed by atoms with Gasteiger partial charge in [-0.15, -0.1) is 8.78 Å². The zero-order valence-electron chi connectivity index (χ0n) is 15.3. The minimum atomic E-state index is -3.63. The predicted molar refractivity (Wildman–Crippen MR) is 102 cm³/mol. The van der Waals surface area contributed by atoms with Crippen LogP contribution in [0.2, 0.25) is 0 Å². The van der Waals surface area contributed by atoms with Gasteiger partial charge in [-0.2, -0.15) is 0 Å². The van der Waals surface area contributed by atoms with Gasteiger partial charge in [0.2, 0.25) is 0 Å². The number of anilines is 1. The Morgan fingerprint density at radius 3 is 2.46 bits per heavy atom. The molecule has 2 aliphatic heterocycles. The van der Waals surface area contributed by atoms with E-state index in [1.165, 1.54) is 12.5 Å². The predicted octanol–water partition coefficient (Wildman–Crippen LogP) is 4.96. The number of amidine groups is 1. The number of benzene rings is 2. The van der Waals surface area contributed by atoms with Crippen LogP contribution in [0.4, 0.5) is 20.2 Å². The Hall–Kier alpha value is -2.83. The minimum Gasteiger partial charge on any atom is -0.395 e. The number of aliphatic imine (C=N–C) groups is 1. The summed E-state index contributed by atoms with van der Waals surface area (Å²) in [5, 5.41) is 7.07. The van der Waals surface area contributed by atoms with Crippen LogP contribution in [0.1, 0.15) is 37.7 Å². The lowest BCUT2D eigenvalue weighted by atomic mass is 9.79. The summed E-state index contributed by atoms with van der Waals surface area (Å²) >= 11 is 0. The van der Waals surface area contributed by atoms with E-state index in [-0.39, 0.29) is 17.0 Å². The van der Waals surface area contributed by atoms with Crippen molar-refractivity contribution in [1.29, 1.82) is 0 Å². The first-order valence-electron chi connectivity index (χ1n) is 9.62. The van der Waals surface area contributed by atoms with Gasteiger partial charge >= 0.3 is 6.29 Å². The average Bonchev–Trinajstić information content (AvgIpc) is 2.99. The number of hydrogen-bond donors (Lipinski definition) is 2. The van der Waals surface area contributed by atoms with Crippen LogP contribution in [0.3, 0.4) is 0 Å². The van der Waals surface area contributed by atoms with Crippen molar-refractivity contribution in [1.82, 2.24) is 5.32 Å². The van der Waals surface area contributed by atoms with Crippen LogP contribution in [0.15, 0.2) is 47.5 Å². The molecule has 0 amide bonds. The van der Waals surface area contributed by atoms with Crippen LogP contribution in [0, 0.1) is 0 Å². The van der Waals surface area contributed by atoms with E-state index < -0.39 is 6.29 Å². The molecule has 0 aromatic heterocycles. The number of nitrogens with zero attached hydrogens (tertiary/aromatic N) is 1. The number of fused-ring (bicyclic) bond motifs is 2. The van der Waals surface area contributed by atoms with E-state index in [1.807, 2.05) is 18.2 Å². The lowest BCUT2D eigenvalue weighted by Crippen LogP contribution is -2.54. The Kier molecular flexibility index (Phi) is 3.92. The van der Waals surface area contributed by atoms with Crippen LogP contribution >= 0.6 is 0 Å². The highest BCUT2D eigenvalue weighted by Gasteiger charge is 2.46. The molecule has 2 aromatic carbocycles. The molecule has 7 heteroatoms. The summed E-state index contributed by atoms with van der Waals surface area (Å²) < 4.78 is 36.1. The van der Waals surface area contributed by atoms with Gasteiger partial charge in [0.1, 0.15) is 5.84 Å². The molecular formula is C21H21F2N3O2. The fraction of sp³-hybridized carbons (Fsp3) is 0.381. The monoisotopic (exact) mass is 385 g/mol. The van der Waals surface area contributed by atoms with Gasteiger partial charge in [0, 0.05) is 18.7 Å². The normalized spacial score (nSPS) is 20.9. The largest absolute Gasteiger partial charge is 0.586 e. The summed E-state index contributed by atoms with van der Waals surface area (Å²) in [5.74, 6) is 0.906. The third-order valence-electron chi connectivity index (χ3n) is 5.59. The van der Waals surface area contributed by atoms with Crippen molar-refractivity contribution in [2.45, 2.75) is 50.5 Å². The van der Waals surface area contributed by atoms with Crippen LogP contribution in [0.25, 0.3) is 0 Å². The van der Waals surface area contributed by atoms with Gasteiger partial charge in [0.25, 0.3) is 0 Å². The van der Waals surface area contributed by atoms with Gasteiger partial charge in [0.05, 0.1) is 16.9 Å². The molecule has 2 aromatic rings. The van der Waals surface area contributed by atoms with E-state index in [9.17, 15) is 8.78 Å². The molecule has 5 rings (SSSR count). The number of hydrogen-bond acceptors (Lipinski definition) is 5. The zero-order chi connectivity index (χ0) is 19.2. The Morgan fingerprint density at radius 2 is 1.71 bits per heavy atom. The summed E-state index contributed by atoms with van der Waals surface area (Å²) in [5.41, 5.74) is 2.13. The first kappa shape index (κ1) is 17.3. The number of nitrogens with one attached hydrogen (secondary N) is 2. The quantitative estimate of drug-likeness (QED) is 0.768. The SMILES string of the molecule is FC1(F)Oc2cc3c(cc2O1)NC1(CCCCC1)C(NCc1ccccc1)=N3. The lowest BCUT2D eigenvalue weighted by Gasteiger charge is -2.42.